The number of ether oxygens (including phenoxy) is 2. The summed E-state index contributed by atoms with van der Waals surface area (Å²) in [4.78, 5) is 4.69. The maximum Gasteiger partial charge on any atom is 0.283 e. The van der Waals surface area contributed by atoms with Gasteiger partial charge in [-0.25, -0.2) is 9.38 Å². The lowest BCUT2D eigenvalue weighted by atomic mass is 9.59. The number of hydrogen-bond donors (Lipinski definition) is 1. The molecule has 2 aromatic rings. The Kier molecular flexibility index (Phi) is 4.04. The summed E-state index contributed by atoms with van der Waals surface area (Å²) in [6.07, 6.45) is 2.99. The van der Waals surface area contributed by atoms with E-state index in [0.29, 0.717) is 24.0 Å². The largest absolute Gasteiger partial charge is 0.462 e. The summed E-state index contributed by atoms with van der Waals surface area (Å²) in [5.41, 5.74) is 7.33. The van der Waals surface area contributed by atoms with Crippen LogP contribution in [-0.4, -0.2) is 25.8 Å². The molecular weight excluding hydrogens is 393 g/mol. The Bertz CT molecular complexity index is 1210. The fraction of sp³-hybridized carbons (Fsp3) is 0.440. The molecule has 4 atom stereocenters. The van der Waals surface area contributed by atoms with E-state index in [4.69, 9.17) is 22.9 Å². The van der Waals surface area contributed by atoms with Gasteiger partial charge >= 0.3 is 0 Å². The van der Waals surface area contributed by atoms with Crippen molar-refractivity contribution < 1.29 is 16.6 Å². The van der Waals surface area contributed by atoms with Crippen LogP contribution in [0.4, 0.5) is 4.39 Å². The second kappa shape index (κ2) is 7.06. The lowest BCUT2D eigenvalue weighted by molar-refractivity contribution is -0.0445. The zero-order valence-corrected chi connectivity index (χ0v) is 17.6. The zero-order valence-electron chi connectivity index (χ0n) is 19.6. The minimum atomic E-state index is -2.14. The molecule has 0 aromatic heterocycles. The van der Waals surface area contributed by atoms with Crippen molar-refractivity contribution >= 4 is 6.02 Å². The van der Waals surface area contributed by atoms with Gasteiger partial charge in [-0.1, -0.05) is 19.1 Å². The Morgan fingerprint density at radius 3 is 2.84 bits per heavy atom. The molecule has 0 radical (unpaired) electrons. The van der Waals surface area contributed by atoms with Gasteiger partial charge in [0.25, 0.3) is 6.02 Å². The molecule has 2 N–H and O–H groups in total. The molecule has 3 aliphatic rings. The topological polar surface area (TPSA) is 80.6 Å². The summed E-state index contributed by atoms with van der Waals surface area (Å²) in [7, 11) is 1.72. The van der Waals surface area contributed by atoms with Crippen LogP contribution in [0.5, 0.6) is 0 Å². The van der Waals surface area contributed by atoms with Gasteiger partial charge in [0.1, 0.15) is 17.9 Å². The van der Waals surface area contributed by atoms with Gasteiger partial charge in [0.15, 0.2) is 0 Å². The van der Waals surface area contributed by atoms with Gasteiger partial charge < -0.3 is 15.2 Å². The Hall–Kier alpha value is -2.91. The number of nitrogens with two attached hydrogens (primary N) is 1. The van der Waals surface area contributed by atoms with E-state index < -0.39 is 23.3 Å². The highest BCUT2D eigenvalue weighted by molar-refractivity contribution is 5.76. The summed E-state index contributed by atoms with van der Waals surface area (Å²) in [5, 5.41) is 9.26. The minimum absolute atomic E-state index is 0.109. The number of benzene rings is 2. The average molecular weight is 422 g/mol. The first-order valence-electron chi connectivity index (χ1n) is 11.6. The molecule has 5 nitrogen and oxygen atoms in total. The first-order valence-corrected chi connectivity index (χ1v) is 10.6. The van der Waals surface area contributed by atoms with Crippen LogP contribution < -0.4 is 5.73 Å². The van der Waals surface area contributed by atoms with Crippen molar-refractivity contribution in [2.45, 2.75) is 44.2 Å². The van der Waals surface area contributed by atoms with E-state index in [1.807, 2.05) is 24.3 Å². The predicted molar refractivity (Wildman–Crippen MR) is 116 cm³/mol. The van der Waals surface area contributed by atoms with Crippen molar-refractivity contribution in [2.24, 2.45) is 22.1 Å². The van der Waals surface area contributed by atoms with Gasteiger partial charge in [-0.05, 0) is 78.1 Å². The number of nitriles is 1. The van der Waals surface area contributed by atoms with Gasteiger partial charge in [-0.15, -0.1) is 0 Å². The molecule has 0 unspecified atom stereocenters. The third-order valence-electron chi connectivity index (χ3n) is 7.29. The molecule has 1 aliphatic heterocycles. The average Bonchev–Trinajstić information content (AvgIpc) is 3.17. The third-order valence-corrected chi connectivity index (χ3v) is 7.29. The van der Waals surface area contributed by atoms with E-state index in [2.05, 4.69) is 6.92 Å². The summed E-state index contributed by atoms with van der Waals surface area (Å²) >= 11 is 0. The van der Waals surface area contributed by atoms with Crippen LogP contribution in [0.1, 0.15) is 45.6 Å². The molecule has 1 heterocycles. The van der Waals surface area contributed by atoms with E-state index in [1.165, 1.54) is 12.1 Å². The maximum atomic E-state index is 14.2. The van der Waals surface area contributed by atoms with E-state index in [1.54, 1.807) is 13.2 Å². The number of halogens is 1. The van der Waals surface area contributed by atoms with Gasteiger partial charge in [0.2, 0.25) is 0 Å². The summed E-state index contributed by atoms with van der Waals surface area (Å²) < 4.78 is 43.1. The van der Waals surface area contributed by atoms with Crippen molar-refractivity contribution in [1.29, 1.82) is 5.26 Å². The number of nitrogens with zero attached hydrogens (tertiary/aromatic N) is 2. The molecule has 0 amide bonds. The normalized spacial score (nSPS) is 33.9. The smallest absolute Gasteiger partial charge is 0.283 e. The second-order valence-corrected chi connectivity index (χ2v) is 9.03. The fourth-order valence-electron chi connectivity index (χ4n) is 5.92. The molecule has 2 aliphatic carbocycles. The number of aliphatic imine (C=N–C) groups is 1. The Labute approximate surface area is 184 Å². The second-order valence-electron chi connectivity index (χ2n) is 9.03. The number of hydrogen-bond acceptors (Lipinski definition) is 5. The molecule has 0 bridgehead atoms. The molecule has 1 saturated carbocycles. The lowest BCUT2D eigenvalue weighted by Gasteiger charge is -2.47. The van der Waals surface area contributed by atoms with Crippen LogP contribution in [0.3, 0.4) is 0 Å². The summed E-state index contributed by atoms with van der Waals surface area (Å²) in [5.74, 6) is -0.284. The van der Waals surface area contributed by atoms with Crippen molar-refractivity contribution in [3.63, 3.8) is 0 Å². The highest BCUT2D eigenvalue weighted by Crippen LogP contribution is 2.62. The first-order chi connectivity index (χ1) is 15.6. The first kappa shape index (κ1) is 17.7. The van der Waals surface area contributed by atoms with Crippen molar-refractivity contribution in [3.05, 3.63) is 58.9 Å². The monoisotopic (exact) mass is 421 g/mol. The molecule has 6 heteroatoms. The van der Waals surface area contributed by atoms with E-state index in [9.17, 15) is 9.65 Å². The predicted octanol–water partition coefficient (Wildman–Crippen LogP) is 4.28. The highest BCUT2D eigenvalue weighted by Gasteiger charge is 2.62. The van der Waals surface area contributed by atoms with Crippen LogP contribution in [0.15, 0.2) is 41.4 Å². The third kappa shape index (κ3) is 2.95. The van der Waals surface area contributed by atoms with Gasteiger partial charge in [0.05, 0.1) is 20.5 Å². The van der Waals surface area contributed by atoms with Crippen LogP contribution >= 0.6 is 0 Å². The van der Waals surface area contributed by atoms with Crippen LogP contribution in [0.2, 0.25) is 0 Å². The fourth-order valence-corrected chi connectivity index (χ4v) is 5.92. The number of rotatable bonds is 2. The van der Waals surface area contributed by atoms with Gasteiger partial charge in [-0.3, -0.25) is 0 Å². The van der Waals surface area contributed by atoms with Crippen molar-refractivity contribution in [3.8, 4) is 17.2 Å². The number of fused-ring (bicyclic) bond motifs is 3. The Morgan fingerprint density at radius 2 is 2.16 bits per heavy atom. The van der Waals surface area contributed by atoms with E-state index >= 15 is 0 Å². The molecule has 160 valence electrons. The van der Waals surface area contributed by atoms with Crippen LogP contribution in [-0.2, 0) is 21.4 Å². The Balaban J connectivity index is 1.70. The number of amidine groups is 1. The highest BCUT2D eigenvalue weighted by atomic mass is 19.1. The summed E-state index contributed by atoms with van der Waals surface area (Å²) in [6, 6.07) is 11.8. The summed E-state index contributed by atoms with van der Waals surface area (Å²) in [6.45, 7) is -0.00779. The lowest BCUT2D eigenvalue weighted by Crippen LogP contribution is -2.48. The molecular formula is C25H26FN3O2. The van der Waals surface area contributed by atoms with Gasteiger partial charge in [0, 0.05) is 12.5 Å². The SMILES string of the molecule is [2H]C1([2H])OC(N)=N[C@@]12c1cc(-c3cc(F)cc(C#N)c3)ccc1C[C@]21CC[C@@H](OC)[C@H](C)C1. The van der Waals surface area contributed by atoms with E-state index in [0.717, 1.165) is 24.0 Å². The minimum Gasteiger partial charge on any atom is -0.462 e. The van der Waals surface area contributed by atoms with Crippen molar-refractivity contribution in [1.82, 2.24) is 0 Å². The molecule has 2 spiro atoms. The quantitative estimate of drug-likeness (QED) is 0.785. The van der Waals surface area contributed by atoms with Gasteiger partial charge in [-0.2, -0.15) is 5.26 Å². The van der Waals surface area contributed by atoms with Crippen LogP contribution in [0, 0.1) is 28.5 Å². The standard InChI is InChI=1S/C25H26FN3O2/c1-15-11-24(6-5-22(15)30-2)12-18-4-3-17(19-7-16(13-27)8-20(26)9-19)10-21(18)25(24)14-31-23(28)29-25/h3-4,7-10,15,22H,5-6,11-12,14H2,1-2H3,(H2,28,29)/t15-,22-,24-,25-/m1/s1/i14D2. The molecule has 2 aromatic carbocycles. The number of methoxy groups -OCH3 is 1. The molecule has 0 saturated heterocycles. The van der Waals surface area contributed by atoms with Crippen LogP contribution in [0.25, 0.3) is 11.1 Å². The zero-order chi connectivity index (χ0) is 23.6. The molecule has 31 heavy (non-hydrogen) atoms. The Morgan fingerprint density at radius 1 is 1.32 bits per heavy atom. The molecule has 5 rings (SSSR count). The maximum absolute atomic E-state index is 14.2. The van der Waals surface area contributed by atoms with Crippen molar-refractivity contribution in [2.75, 3.05) is 13.7 Å². The molecule has 1 fully saturated rings. The van der Waals surface area contributed by atoms with E-state index in [-0.39, 0.29) is 23.6 Å².